The third kappa shape index (κ3) is 2.82. The van der Waals surface area contributed by atoms with Crippen LogP contribution in [-0.4, -0.2) is 20.5 Å². The van der Waals surface area contributed by atoms with Crippen LogP contribution in [0.4, 0.5) is 5.95 Å². The summed E-state index contributed by atoms with van der Waals surface area (Å²) in [5.74, 6) is 0.829. The number of nitriles is 1. The van der Waals surface area contributed by atoms with Crippen molar-refractivity contribution in [2.24, 2.45) is 0 Å². The molecule has 1 rings (SSSR count). The van der Waals surface area contributed by atoms with Crippen LogP contribution in [0, 0.1) is 18.3 Å². The first-order valence-corrected chi connectivity index (χ1v) is 4.38. The minimum atomic E-state index is -0.725. The lowest BCUT2D eigenvalue weighted by Gasteiger charge is -2.17. The maximum Gasteiger partial charge on any atom is 0.228 e. The maximum absolute atomic E-state index is 8.78. The molecule has 0 bridgehead atoms. The van der Waals surface area contributed by atoms with Crippen molar-refractivity contribution in [3.05, 3.63) is 11.1 Å². The molecule has 0 fully saturated rings. The van der Waals surface area contributed by atoms with E-state index < -0.39 is 5.54 Å². The Hall–Kier alpha value is -1.41. The minimum absolute atomic E-state index is 0.119. The van der Waals surface area contributed by atoms with E-state index in [1.165, 1.54) is 0 Å². The van der Waals surface area contributed by atoms with Crippen LogP contribution in [0.5, 0.6) is 0 Å². The second-order valence-corrected chi connectivity index (χ2v) is 3.68. The van der Waals surface area contributed by atoms with Crippen molar-refractivity contribution in [2.75, 3.05) is 5.32 Å². The zero-order chi connectivity index (χ0) is 10.8. The van der Waals surface area contributed by atoms with Gasteiger partial charge >= 0.3 is 0 Å². The van der Waals surface area contributed by atoms with Crippen LogP contribution >= 0.6 is 11.6 Å². The van der Waals surface area contributed by atoms with Crippen LogP contribution in [0.25, 0.3) is 0 Å². The molecule has 0 aliphatic carbocycles. The highest BCUT2D eigenvalue weighted by molar-refractivity contribution is 6.28. The third-order valence-electron chi connectivity index (χ3n) is 1.42. The average Bonchev–Trinajstić information content (AvgIpc) is 2.01. The molecular weight excluding hydrogens is 202 g/mol. The first kappa shape index (κ1) is 10.7. The summed E-state index contributed by atoms with van der Waals surface area (Å²) in [6.07, 6.45) is 0. The summed E-state index contributed by atoms with van der Waals surface area (Å²) in [5, 5.41) is 11.7. The fourth-order valence-corrected chi connectivity index (χ4v) is 1.01. The summed E-state index contributed by atoms with van der Waals surface area (Å²) in [6, 6.07) is 2.07. The molecule has 14 heavy (non-hydrogen) atoms. The Bertz CT molecular complexity index is 362. The first-order chi connectivity index (χ1) is 6.43. The summed E-state index contributed by atoms with van der Waals surface area (Å²) in [6.45, 7) is 5.15. The van der Waals surface area contributed by atoms with E-state index in [0.29, 0.717) is 11.8 Å². The highest BCUT2D eigenvalue weighted by atomic mass is 35.5. The van der Waals surface area contributed by atoms with Gasteiger partial charge in [0.05, 0.1) is 6.07 Å². The van der Waals surface area contributed by atoms with Gasteiger partial charge < -0.3 is 5.32 Å². The van der Waals surface area contributed by atoms with Gasteiger partial charge in [-0.1, -0.05) is 0 Å². The fourth-order valence-electron chi connectivity index (χ4n) is 0.813. The molecule has 0 aliphatic rings. The molecule has 6 heteroatoms. The van der Waals surface area contributed by atoms with Gasteiger partial charge in [0, 0.05) is 0 Å². The molecule has 1 N–H and O–H groups in total. The summed E-state index contributed by atoms with van der Waals surface area (Å²) < 4.78 is 0. The first-order valence-electron chi connectivity index (χ1n) is 4.00. The van der Waals surface area contributed by atoms with E-state index in [0.717, 1.165) is 0 Å². The smallest absolute Gasteiger partial charge is 0.228 e. The van der Waals surface area contributed by atoms with Crippen LogP contribution in [-0.2, 0) is 0 Å². The molecule has 5 nitrogen and oxygen atoms in total. The van der Waals surface area contributed by atoms with Gasteiger partial charge in [-0.15, -0.1) is 0 Å². The van der Waals surface area contributed by atoms with Crippen LogP contribution in [0.15, 0.2) is 0 Å². The predicted octanol–water partition coefficient (Wildman–Crippen LogP) is 1.55. The molecule has 0 spiro atoms. The van der Waals surface area contributed by atoms with Crippen LogP contribution < -0.4 is 5.32 Å². The van der Waals surface area contributed by atoms with Crippen LogP contribution in [0.2, 0.25) is 5.28 Å². The lowest BCUT2D eigenvalue weighted by molar-refractivity contribution is 0.713. The van der Waals surface area contributed by atoms with E-state index in [9.17, 15) is 0 Å². The third-order valence-corrected chi connectivity index (χ3v) is 1.59. The molecular formula is C8H10ClN5. The largest absolute Gasteiger partial charge is 0.336 e. The van der Waals surface area contributed by atoms with Gasteiger partial charge in [0.1, 0.15) is 11.4 Å². The molecule has 0 radical (unpaired) electrons. The van der Waals surface area contributed by atoms with E-state index in [4.69, 9.17) is 16.9 Å². The van der Waals surface area contributed by atoms with E-state index in [1.54, 1.807) is 20.8 Å². The lowest BCUT2D eigenvalue weighted by atomic mass is 10.1. The molecule has 1 heterocycles. The quantitative estimate of drug-likeness (QED) is 0.803. The predicted molar refractivity (Wildman–Crippen MR) is 52.9 cm³/mol. The number of halogens is 1. The molecule has 0 amide bonds. The van der Waals surface area contributed by atoms with E-state index in [1.807, 2.05) is 0 Å². The molecule has 0 aliphatic heterocycles. The number of aryl methyl sites for hydroxylation is 1. The molecule has 0 saturated heterocycles. The van der Waals surface area contributed by atoms with Gasteiger partial charge in [0.2, 0.25) is 11.2 Å². The Morgan fingerprint density at radius 2 is 2.00 bits per heavy atom. The summed E-state index contributed by atoms with van der Waals surface area (Å²) in [4.78, 5) is 11.7. The average molecular weight is 212 g/mol. The standard InChI is InChI=1S/C8H10ClN5/c1-5-11-6(9)13-7(12-5)14-8(2,3)4-10/h1-3H3,(H,11,12,13,14). The van der Waals surface area contributed by atoms with Gasteiger partial charge in [-0.25, -0.2) is 4.98 Å². The Morgan fingerprint density at radius 1 is 1.36 bits per heavy atom. The van der Waals surface area contributed by atoms with Crippen LogP contribution in [0.1, 0.15) is 19.7 Å². The van der Waals surface area contributed by atoms with E-state index >= 15 is 0 Å². The second kappa shape index (κ2) is 3.76. The lowest BCUT2D eigenvalue weighted by Crippen LogP contribution is -2.29. The molecule has 74 valence electrons. The SMILES string of the molecule is Cc1nc(Cl)nc(NC(C)(C)C#N)n1. The number of aromatic nitrogens is 3. The molecule has 0 atom stereocenters. The number of nitrogens with one attached hydrogen (secondary N) is 1. The Balaban J connectivity index is 2.94. The van der Waals surface area contributed by atoms with Crippen molar-refractivity contribution >= 4 is 17.5 Å². The van der Waals surface area contributed by atoms with Gasteiger partial charge in [-0.3, -0.25) is 0 Å². The Kier molecular flexibility index (Phi) is 2.87. The summed E-state index contributed by atoms with van der Waals surface area (Å²) >= 11 is 5.64. The van der Waals surface area contributed by atoms with Crippen molar-refractivity contribution in [1.29, 1.82) is 5.26 Å². The summed E-state index contributed by atoms with van der Waals surface area (Å²) in [5.41, 5.74) is -0.725. The molecule has 0 aromatic carbocycles. The van der Waals surface area contributed by atoms with Gasteiger partial charge in [0.15, 0.2) is 0 Å². The van der Waals surface area contributed by atoms with E-state index in [2.05, 4.69) is 26.3 Å². The van der Waals surface area contributed by atoms with Crippen molar-refractivity contribution in [3.8, 4) is 6.07 Å². The Morgan fingerprint density at radius 3 is 2.50 bits per heavy atom. The number of hydrogen-bond acceptors (Lipinski definition) is 5. The minimum Gasteiger partial charge on any atom is -0.336 e. The van der Waals surface area contributed by atoms with E-state index in [-0.39, 0.29) is 5.28 Å². The molecule has 1 aromatic heterocycles. The number of hydrogen-bond donors (Lipinski definition) is 1. The van der Waals surface area contributed by atoms with Crippen molar-refractivity contribution in [1.82, 2.24) is 15.0 Å². The van der Waals surface area contributed by atoms with Crippen molar-refractivity contribution in [3.63, 3.8) is 0 Å². The Labute approximate surface area is 87.2 Å². The normalized spacial score (nSPS) is 10.8. The number of anilines is 1. The molecule has 1 aromatic rings. The van der Waals surface area contributed by atoms with Crippen molar-refractivity contribution < 1.29 is 0 Å². The highest BCUT2D eigenvalue weighted by Crippen LogP contribution is 2.11. The zero-order valence-electron chi connectivity index (χ0n) is 8.17. The number of rotatable bonds is 2. The summed E-state index contributed by atoms with van der Waals surface area (Å²) in [7, 11) is 0. The van der Waals surface area contributed by atoms with Gasteiger partial charge in [0.25, 0.3) is 0 Å². The van der Waals surface area contributed by atoms with Crippen LogP contribution in [0.3, 0.4) is 0 Å². The zero-order valence-corrected chi connectivity index (χ0v) is 8.92. The monoisotopic (exact) mass is 211 g/mol. The topological polar surface area (TPSA) is 74.5 Å². The van der Waals surface area contributed by atoms with Gasteiger partial charge in [-0.05, 0) is 32.4 Å². The highest BCUT2D eigenvalue weighted by Gasteiger charge is 2.17. The maximum atomic E-state index is 8.78. The molecule has 0 saturated carbocycles. The number of nitrogens with zero attached hydrogens (tertiary/aromatic N) is 4. The fraction of sp³-hybridized carbons (Fsp3) is 0.500. The van der Waals surface area contributed by atoms with Gasteiger partial charge in [-0.2, -0.15) is 15.2 Å². The van der Waals surface area contributed by atoms with Crippen molar-refractivity contribution in [2.45, 2.75) is 26.3 Å². The second-order valence-electron chi connectivity index (χ2n) is 3.34. The molecule has 0 unspecified atom stereocenters.